The first-order chi connectivity index (χ1) is 8.12. The average molecular weight is 299 g/mol. The minimum absolute atomic E-state index is 0.655. The van der Waals surface area contributed by atoms with Gasteiger partial charge in [0.1, 0.15) is 0 Å². The summed E-state index contributed by atoms with van der Waals surface area (Å²) < 4.78 is 1.04. The van der Waals surface area contributed by atoms with Crippen molar-refractivity contribution in [2.45, 2.75) is 58.0 Å². The van der Waals surface area contributed by atoms with E-state index in [-0.39, 0.29) is 0 Å². The van der Waals surface area contributed by atoms with Crippen LogP contribution in [-0.4, -0.2) is 5.11 Å². The molecule has 1 unspecified atom stereocenters. The second-order valence-electron chi connectivity index (χ2n) is 4.71. The van der Waals surface area contributed by atoms with E-state index < -0.39 is 5.60 Å². The lowest BCUT2D eigenvalue weighted by Crippen LogP contribution is -2.24. The van der Waals surface area contributed by atoms with Crippen molar-refractivity contribution < 1.29 is 5.11 Å². The molecule has 0 aliphatic heterocycles. The predicted molar refractivity (Wildman–Crippen MR) is 77.1 cm³/mol. The molecule has 2 heteroatoms. The lowest BCUT2D eigenvalue weighted by atomic mass is 9.86. The third-order valence-corrected chi connectivity index (χ3v) is 3.88. The van der Waals surface area contributed by atoms with E-state index in [0.29, 0.717) is 0 Å². The number of hydrogen-bond donors (Lipinski definition) is 1. The number of benzene rings is 1. The summed E-state index contributed by atoms with van der Waals surface area (Å²) in [5.41, 5.74) is 0.378. The highest BCUT2D eigenvalue weighted by Gasteiger charge is 2.26. The Morgan fingerprint density at radius 2 is 1.94 bits per heavy atom. The van der Waals surface area contributed by atoms with Gasteiger partial charge in [0.25, 0.3) is 0 Å². The van der Waals surface area contributed by atoms with Crippen LogP contribution < -0.4 is 0 Å². The highest BCUT2D eigenvalue weighted by molar-refractivity contribution is 9.10. The molecule has 1 aromatic carbocycles. The average Bonchev–Trinajstić information content (AvgIpc) is 2.34. The maximum absolute atomic E-state index is 10.7. The van der Waals surface area contributed by atoms with Crippen LogP contribution in [0.4, 0.5) is 0 Å². The van der Waals surface area contributed by atoms with Crippen LogP contribution in [0.2, 0.25) is 0 Å². The van der Waals surface area contributed by atoms with Crippen molar-refractivity contribution in [1.82, 2.24) is 0 Å². The highest BCUT2D eigenvalue weighted by Crippen LogP contribution is 2.32. The second kappa shape index (κ2) is 7.17. The fraction of sp³-hybridized carbons (Fsp3) is 0.600. The first-order valence-electron chi connectivity index (χ1n) is 6.61. The second-order valence-corrected chi connectivity index (χ2v) is 5.62. The Labute approximate surface area is 113 Å². The Morgan fingerprint density at radius 1 is 1.18 bits per heavy atom. The molecule has 0 aliphatic carbocycles. The van der Waals surface area contributed by atoms with Gasteiger partial charge in [0.2, 0.25) is 0 Å². The summed E-state index contributed by atoms with van der Waals surface area (Å²) in [6, 6.07) is 8.04. The SMILES string of the molecule is CCCCCCC(O)(CC)c1cccc(Br)c1. The lowest BCUT2D eigenvalue weighted by Gasteiger charge is -2.27. The molecule has 1 aromatic rings. The molecule has 0 heterocycles. The molecule has 0 radical (unpaired) electrons. The van der Waals surface area contributed by atoms with Crippen molar-refractivity contribution in [1.29, 1.82) is 0 Å². The maximum atomic E-state index is 10.7. The summed E-state index contributed by atoms with van der Waals surface area (Å²) >= 11 is 3.47. The molecule has 1 nitrogen and oxygen atoms in total. The van der Waals surface area contributed by atoms with Crippen molar-refractivity contribution in [3.05, 3.63) is 34.3 Å². The van der Waals surface area contributed by atoms with Gasteiger partial charge in [0, 0.05) is 4.47 Å². The summed E-state index contributed by atoms with van der Waals surface area (Å²) in [6.45, 7) is 4.26. The van der Waals surface area contributed by atoms with Gasteiger partial charge in [-0.1, -0.05) is 67.6 Å². The summed E-state index contributed by atoms with van der Waals surface area (Å²) in [7, 11) is 0. The monoisotopic (exact) mass is 298 g/mol. The zero-order valence-corrected chi connectivity index (χ0v) is 12.5. The molecule has 0 amide bonds. The molecule has 0 saturated carbocycles. The summed E-state index contributed by atoms with van der Waals surface area (Å²) in [6.07, 6.45) is 6.45. The van der Waals surface area contributed by atoms with E-state index in [1.807, 2.05) is 24.3 Å². The first kappa shape index (κ1) is 14.7. The van der Waals surface area contributed by atoms with Gasteiger partial charge in [-0.25, -0.2) is 0 Å². The molecule has 0 spiro atoms. The van der Waals surface area contributed by atoms with E-state index in [9.17, 15) is 5.11 Å². The molecular weight excluding hydrogens is 276 g/mol. The van der Waals surface area contributed by atoms with Crippen molar-refractivity contribution >= 4 is 15.9 Å². The molecule has 1 rings (SSSR count). The Morgan fingerprint density at radius 3 is 2.53 bits per heavy atom. The number of hydrogen-bond acceptors (Lipinski definition) is 1. The van der Waals surface area contributed by atoms with E-state index in [4.69, 9.17) is 0 Å². The third-order valence-electron chi connectivity index (χ3n) is 3.39. The first-order valence-corrected chi connectivity index (χ1v) is 7.40. The Kier molecular flexibility index (Phi) is 6.21. The number of unbranched alkanes of at least 4 members (excludes halogenated alkanes) is 3. The molecule has 0 saturated heterocycles. The summed E-state index contributed by atoms with van der Waals surface area (Å²) in [5.74, 6) is 0. The topological polar surface area (TPSA) is 20.2 Å². The predicted octanol–water partition coefficient (Wildman–Crippen LogP) is 5.02. The van der Waals surface area contributed by atoms with Crippen LogP contribution in [0.1, 0.15) is 57.9 Å². The highest BCUT2D eigenvalue weighted by atomic mass is 79.9. The smallest absolute Gasteiger partial charge is 0.0894 e. The van der Waals surface area contributed by atoms with Crippen LogP contribution >= 0.6 is 15.9 Å². The van der Waals surface area contributed by atoms with Gasteiger partial charge in [-0.05, 0) is 30.5 Å². The standard InChI is InChI=1S/C15H23BrO/c1-3-5-6-7-11-15(17,4-2)13-9-8-10-14(16)12-13/h8-10,12,17H,3-7,11H2,1-2H3. The van der Waals surface area contributed by atoms with Gasteiger partial charge >= 0.3 is 0 Å². The van der Waals surface area contributed by atoms with Crippen molar-refractivity contribution in [2.24, 2.45) is 0 Å². The molecule has 1 atom stereocenters. The van der Waals surface area contributed by atoms with E-state index >= 15 is 0 Å². The lowest BCUT2D eigenvalue weighted by molar-refractivity contribution is 0.0206. The minimum atomic E-state index is -0.655. The summed E-state index contributed by atoms with van der Waals surface area (Å²) in [4.78, 5) is 0. The van der Waals surface area contributed by atoms with E-state index in [2.05, 4.69) is 29.8 Å². The molecule has 0 aromatic heterocycles. The minimum Gasteiger partial charge on any atom is -0.385 e. The number of aliphatic hydroxyl groups is 1. The fourth-order valence-corrected chi connectivity index (χ4v) is 2.55. The van der Waals surface area contributed by atoms with Crippen LogP contribution in [0, 0.1) is 0 Å². The Balaban J connectivity index is 2.67. The largest absolute Gasteiger partial charge is 0.385 e. The van der Waals surface area contributed by atoms with E-state index in [1.165, 1.54) is 19.3 Å². The van der Waals surface area contributed by atoms with E-state index in [1.54, 1.807) is 0 Å². The van der Waals surface area contributed by atoms with Crippen LogP contribution in [0.3, 0.4) is 0 Å². The Bertz CT molecular complexity index is 337. The molecule has 1 N–H and O–H groups in total. The van der Waals surface area contributed by atoms with Crippen molar-refractivity contribution in [3.63, 3.8) is 0 Å². The molecule has 96 valence electrons. The molecule has 0 aliphatic rings. The van der Waals surface area contributed by atoms with Gasteiger partial charge in [0.15, 0.2) is 0 Å². The van der Waals surface area contributed by atoms with Crippen molar-refractivity contribution in [3.8, 4) is 0 Å². The van der Waals surface area contributed by atoms with Crippen LogP contribution in [0.5, 0.6) is 0 Å². The van der Waals surface area contributed by atoms with Crippen molar-refractivity contribution in [2.75, 3.05) is 0 Å². The number of halogens is 1. The van der Waals surface area contributed by atoms with Gasteiger partial charge in [-0.15, -0.1) is 0 Å². The Hall–Kier alpha value is -0.340. The zero-order valence-electron chi connectivity index (χ0n) is 10.9. The molecular formula is C15H23BrO. The number of rotatable bonds is 7. The zero-order chi connectivity index (χ0) is 12.7. The van der Waals surface area contributed by atoms with Gasteiger partial charge in [-0.3, -0.25) is 0 Å². The van der Waals surface area contributed by atoms with Gasteiger partial charge in [0.05, 0.1) is 5.60 Å². The summed E-state index contributed by atoms with van der Waals surface area (Å²) in [5, 5.41) is 10.7. The third kappa shape index (κ3) is 4.44. The molecule has 0 fully saturated rings. The normalized spacial score (nSPS) is 14.6. The van der Waals surface area contributed by atoms with Gasteiger partial charge in [-0.2, -0.15) is 0 Å². The fourth-order valence-electron chi connectivity index (χ4n) is 2.15. The quantitative estimate of drug-likeness (QED) is 0.701. The molecule has 17 heavy (non-hydrogen) atoms. The maximum Gasteiger partial charge on any atom is 0.0894 e. The van der Waals surface area contributed by atoms with E-state index in [0.717, 1.165) is 29.3 Å². The van der Waals surface area contributed by atoms with Crippen LogP contribution in [0.25, 0.3) is 0 Å². The van der Waals surface area contributed by atoms with Gasteiger partial charge < -0.3 is 5.11 Å². The van der Waals surface area contributed by atoms with Crippen LogP contribution in [-0.2, 0) is 5.60 Å². The van der Waals surface area contributed by atoms with Crippen LogP contribution in [0.15, 0.2) is 28.7 Å². The molecule has 0 bridgehead atoms.